The number of benzene rings is 2. The maximum absolute atomic E-state index is 12.3. The van der Waals surface area contributed by atoms with Crippen LogP contribution in [0.15, 0.2) is 42.5 Å². The third-order valence-electron chi connectivity index (χ3n) is 3.58. The van der Waals surface area contributed by atoms with E-state index in [9.17, 15) is 29.8 Å². The number of carbonyl (C=O) groups excluding carboxylic acids is 2. The number of nitrogens with one attached hydrogen (secondary N) is 2. The van der Waals surface area contributed by atoms with Crippen LogP contribution < -0.4 is 10.6 Å². The molecule has 0 aliphatic carbocycles. The molecule has 0 saturated heterocycles. The molecule has 0 unspecified atom stereocenters. The predicted octanol–water partition coefficient (Wildman–Crippen LogP) is 2.13. The molecule has 2 amide bonds. The standard InChI is InChI=1S/C17H16N4O7/c1-28-7-6-18-16(22)11-2-4-13(5-3-11)19-17(23)12-8-14(20(24)25)10-15(9-12)21(26)27/h2-5,8-10H,6-7H2,1H3,(H,18,22)(H,19,23). The summed E-state index contributed by atoms with van der Waals surface area (Å²) >= 11 is 0. The van der Waals surface area contributed by atoms with Gasteiger partial charge in [0.15, 0.2) is 0 Å². The summed E-state index contributed by atoms with van der Waals surface area (Å²) in [7, 11) is 1.51. The van der Waals surface area contributed by atoms with Crippen LogP contribution in [0.2, 0.25) is 0 Å². The van der Waals surface area contributed by atoms with Crippen molar-refractivity contribution in [2.24, 2.45) is 0 Å². The van der Waals surface area contributed by atoms with Crippen LogP contribution in [0, 0.1) is 20.2 Å². The number of nitro benzene ring substituents is 2. The Bertz CT molecular complexity index is 880. The molecule has 28 heavy (non-hydrogen) atoms. The summed E-state index contributed by atoms with van der Waals surface area (Å²) < 4.78 is 4.83. The van der Waals surface area contributed by atoms with E-state index < -0.39 is 27.1 Å². The zero-order chi connectivity index (χ0) is 20.7. The summed E-state index contributed by atoms with van der Waals surface area (Å²) in [6.07, 6.45) is 0. The molecule has 0 aliphatic rings. The monoisotopic (exact) mass is 388 g/mol. The average molecular weight is 388 g/mol. The number of ether oxygens (including phenoxy) is 1. The second-order valence-electron chi connectivity index (χ2n) is 5.53. The van der Waals surface area contributed by atoms with Crippen molar-refractivity contribution in [2.45, 2.75) is 0 Å². The van der Waals surface area contributed by atoms with Gasteiger partial charge < -0.3 is 15.4 Å². The second-order valence-corrected chi connectivity index (χ2v) is 5.53. The number of anilines is 1. The number of rotatable bonds is 8. The normalized spacial score (nSPS) is 10.2. The van der Waals surface area contributed by atoms with Crippen LogP contribution in [0.5, 0.6) is 0 Å². The van der Waals surface area contributed by atoms with Gasteiger partial charge in [-0.2, -0.15) is 0 Å². The third kappa shape index (κ3) is 5.32. The zero-order valence-corrected chi connectivity index (χ0v) is 14.7. The number of hydrogen-bond acceptors (Lipinski definition) is 7. The highest BCUT2D eigenvalue weighted by Crippen LogP contribution is 2.23. The van der Waals surface area contributed by atoms with Crippen molar-refractivity contribution < 1.29 is 24.2 Å². The molecule has 2 aromatic rings. The summed E-state index contributed by atoms with van der Waals surface area (Å²) in [6.45, 7) is 0.717. The second kappa shape index (κ2) is 9.19. The molecule has 0 heterocycles. The Morgan fingerprint density at radius 2 is 1.50 bits per heavy atom. The lowest BCUT2D eigenvalue weighted by Crippen LogP contribution is -2.26. The van der Waals surface area contributed by atoms with E-state index in [-0.39, 0.29) is 11.5 Å². The SMILES string of the molecule is COCCNC(=O)c1ccc(NC(=O)c2cc([N+](=O)[O-])cc([N+](=O)[O-])c2)cc1. The zero-order valence-electron chi connectivity index (χ0n) is 14.7. The number of hydrogen-bond donors (Lipinski definition) is 2. The highest BCUT2D eigenvalue weighted by molar-refractivity contribution is 6.05. The van der Waals surface area contributed by atoms with Crippen molar-refractivity contribution in [1.29, 1.82) is 0 Å². The Balaban J connectivity index is 2.13. The van der Waals surface area contributed by atoms with E-state index >= 15 is 0 Å². The van der Waals surface area contributed by atoms with Crippen molar-refractivity contribution in [3.63, 3.8) is 0 Å². The molecule has 11 heteroatoms. The van der Waals surface area contributed by atoms with E-state index in [0.717, 1.165) is 18.2 Å². The smallest absolute Gasteiger partial charge is 0.277 e. The Morgan fingerprint density at radius 3 is 2.00 bits per heavy atom. The minimum absolute atomic E-state index is 0.234. The molecule has 0 fully saturated rings. The molecular weight excluding hydrogens is 372 g/mol. The predicted molar refractivity (Wildman–Crippen MR) is 98.4 cm³/mol. The Kier molecular flexibility index (Phi) is 6.71. The van der Waals surface area contributed by atoms with Crippen molar-refractivity contribution in [2.75, 3.05) is 25.6 Å². The number of methoxy groups -OCH3 is 1. The summed E-state index contributed by atoms with van der Waals surface area (Å²) in [6, 6.07) is 8.55. The van der Waals surface area contributed by atoms with Gasteiger partial charge in [-0.15, -0.1) is 0 Å². The van der Waals surface area contributed by atoms with Crippen molar-refractivity contribution >= 4 is 28.9 Å². The van der Waals surface area contributed by atoms with Crippen molar-refractivity contribution in [1.82, 2.24) is 5.32 Å². The van der Waals surface area contributed by atoms with Gasteiger partial charge in [-0.25, -0.2) is 0 Å². The third-order valence-corrected chi connectivity index (χ3v) is 3.58. The van der Waals surface area contributed by atoms with E-state index in [1.54, 1.807) is 0 Å². The van der Waals surface area contributed by atoms with Gasteiger partial charge in [-0.05, 0) is 24.3 Å². The minimum Gasteiger partial charge on any atom is -0.383 e. The fraction of sp³-hybridized carbons (Fsp3) is 0.176. The fourth-order valence-corrected chi connectivity index (χ4v) is 2.21. The van der Waals surface area contributed by atoms with E-state index in [4.69, 9.17) is 4.74 Å². The Labute approximate surface area is 158 Å². The fourth-order valence-electron chi connectivity index (χ4n) is 2.21. The first-order chi connectivity index (χ1) is 13.3. The van der Waals surface area contributed by atoms with E-state index in [2.05, 4.69) is 10.6 Å². The highest BCUT2D eigenvalue weighted by atomic mass is 16.6. The first-order valence-corrected chi connectivity index (χ1v) is 7.94. The summed E-state index contributed by atoms with van der Waals surface area (Å²) in [5, 5.41) is 26.9. The molecular formula is C17H16N4O7. The summed E-state index contributed by atoms with van der Waals surface area (Å²) in [5.74, 6) is -1.08. The largest absolute Gasteiger partial charge is 0.383 e. The number of nitrogens with zero attached hydrogens (tertiary/aromatic N) is 2. The number of nitro groups is 2. The number of amides is 2. The van der Waals surface area contributed by atoms with Gasteiger partial charge in [-0.1, -0.05) is 0 Å². The van der Waals surface area contributed by atoms with Crippen LogP contribution >= 0.6 is 0 Å². The van der Waals surface area contributed by atoms with E-state index in [0.29, 0.717) is 24.4 Å². The van der Waals surface area contributed by atoms with Crippen LogP contribution in [0.4, 0.5) is 17.1 Å². The van der Waals surface area contributed by atoms with Crippen LogP contribution in [-0.2, 0) is 4.74 Å². The first-order valence-electron chi connectivity index (χ1n) is 7.94. The number of non-ortho nitro benzene ring substituents is 2. The lowest BCUT2D eigenvalue weighted by molar-refractivity contribution is -0.394. The molecule has 0 spiro atoms. The van der Waals surface area contributed by atoms with Crippen LogP contribution in [0.1, 0.15) is 20.7 Å². The highest BCUT2D eigenvalue weighted by Gasteiger charge is 2.20. The molecule has 0 aromatic heterocycles. The Morgan fingerprint density at radius 1 is 0.929 bits per heavy atom. The molecule has 0 aliphatic heterocycles. The average Bonchev–Trinajstić information content (AvgIpc) is 2.68. The molecule has 2 aromatic carbocycles. The Hall–Kier alpha value is -3.86. The molecule has 2 rings (SSSR count). The molecule has 0 bridgehead atoms. The number of carbonyl (C=O) groups is 2. The van der Waals surface area contributed by atoms with E-state index in [1.165, 1.54) is 31.4 Å². The quantitative estimate of drug-likeness (QED) is 0.399. The molecule has 11 nitrogen and oxygen atoms in total. The molecule has 2 N–H and O–H groups in total. The molecule has 0 atom stereocenters. The van der Waals surface area contributed by atoms with Crippen molar-refractivity contribution in [3.05, 3.63) is 73.8 Å². The van der Waals surface area contributed by atoms with Crippen LogP contribution in [0.25, 0.3) is 0 Å². The molecule has 146 valence electrons. The lowest BCUT2D eigenvalue weighted by Gasteiger charge is -2.07. The summed E-state index contributed by atoms with van der Waals surface area (Å²) in [5.41, 5.74) is -0.695. The lowest BCUT2D eigenvalue weighted by atomic mass is 10.1. The van der Waals surface area contributed by atoms with Crippen molar-refractivity contribution in [3.8, 4) is 0 Å². The van der Waals surface area contributed by atoms with Gasteiger partial charge in [0.1, 0.15) is 0 Å². The van der Waals surface area contributed by atoms with Gasteiger partial charge in [0.05, 0.1) is 28.1 Å². The van der Waals surface area contributed by atoms with Crippen LogP contribution in [-0.4, -0.2) is 41.9 Å². The van der Waals surface area contributed by atoms with Gasteiger partial charge in [0.2, 0.25) is 0 Å². The maximum atomic E-state index is 12.3. The van der Waals surface area contributed by atoms with Gasteiger partial charge >= 0.3 is 0 Å². The molecule has 0 radical (unpaired) electrons. The molecule has 0 saturated carbocycles. The van der Waals surface area contributed by atoms with E-state index in [1.807, 2.05) is 0 Å². The van der Waals surface area contributed by atoms with Gasteiger partial charge in [0.25, 0.3) is 23.2 Å². The summed E-state index contributed by atoms with van der Waals surface area (Å²) in [4.78, 5) is 44.4. The van der Waals surface area contributed by atoms with Gasteiger partial charge in [0, 0.05) is 37.0 Å². The van der Waals surface area contributed by atoms with Crippen LogP contribution in [0.3, 0.4) is 0 Å². The minimum atomic E-state index is -0.819. The first kappa shape index (κ1) is 20.5. The topological polar surface area (TPSA) is 154 Å². The van der Waals surface area contributed by atoms with Gasteiger partial charge in [-0.3, -0.25) is 29.8 Å². The maximum Gasteiger partial charge on any atom is 0.277 e.